The Hall–Kier alpha value is -1.74. The molecule has 0 aromatic heterocycles. The largest absolute Gasteiger partial charge is 0.538 e. The van der Waals surface area contributed by atoms with E-state index >= 15 is 0 Å². The third kappa shape index (κ3) is 4.14. The molecule has 0 bridgehead atoms. The molecule has 99 valence electrons. The van der Waals surface area contributed by atoms with E-state index in [0.29, 0.717) is 0 Å². The van der Waals surface area contributed by atoms with Crippen molar-refractivity contribution in [3.63, 3.8) is 0 Å². The van der Waals surface area contributed by atoms with Gasteiger partial charge in [-0.3, -0.25) is 0 Å². The summed E-state index contributed by atoms with van der Waals surface area (Å²) in [6.07, 6.45) is 0. The fraction of sp³-hybridized carbons (Fsp3) is 0.250. The van der Waals surface area contributed by atoms with Gasteiger partial charge in [-0.25, -0.2) is 0 Å². The van der Waals surface area contributed by atoms with Crippen LogP contribution in [0.5, 0.6) is 11.5 Å². The van der Waals surface area contributed by atoms with Gasteiger partial charge in [0.2, 0.25) is 0 Å². The molecule has 3 heteroatoms. The molecule has 0 amide bonds. The summed E-state index contributed by atoms with van der Waals surface area (Å²) in [5, 5.41) is -0.0175. The number of rotatable bonds is 4. The molecule has 0 saturated heterocycles. The van der Waals surface area contributed by atoms with E-state index in [2.05, 4.69) is 20.8 Å². The van der Waals surface area contributed by atoms with Crippen LogP contribution in [0.1, 0.15) is 20.8 Å². The van der Waals surface area contributed by atoms with E-state index in [-0.39, 0.29) is 5.04 Å². The zero-order valence-corrected chi connectivity index (χ0v) is 12.6. The maximum atomic E-state index is 6.06. The standard InChI is InChI=1S/C16H19O2Si/c1-16(2,3)19(17-14-10-6-4-7-11-14)18-15-12-8-5-9-13-15/h4-13H,1-3H3. The summed E-state index contributed by atoms with van der Waals surface area (Å²) in [4.78, 5) is 0. The molecule has 0 unspecified atom stereocenters. The summed E-state index contributed by atoms with van der Waals surface area (Å²) in [5.74, 6) is 1.73. The van der Waals surface area contributed by atoms with E-state index < -0.39 is 9.28 Å². The van der Waals surface area contributed by atoms with Gasteiger partial charge in [-0.05, 0) is 24.3 Å². The zero-order chi connectivity index (χ0) is 13.7. The second kappa shape index (κ2) is 5.93. The van der Waals surface area contributed by atoms with Crippen LogP contribution in [0.3, 0.4) is 0 Å². The van der Waals surface area contributed by atoms with E-state index in [1.807, 2.05) is 60.7 Å². The molecule has 0 N–H and O–H groups in total. The second-order valence-electron chi connectivity index (χ2n) is 5.37. The van der Waals surface area contributed by atoms with Crippen molar-refractivity contribution in [1.82, 2.24) is 0 Å². The van der Waals surface area contributed by atoms with Crippen LogP contribution >= 0.6 is 0 Å². The topological polar surface area (TPSA) is 18.5 Å². The predicted molar refractivity (Wildman–Crippen MR) is 79.6 cm³/mol. The SMILES string of the molecule is CC(C)(C)[Si](Oc1ccccc1)Oc1ccccc1. The quantitative estimate of drug-likeness (QED) is 0.766. The van der Waals surface area contributed by atoms with Crippen molar-refractivity contribution >= 4 is 9.28 Å². The molecule has 19 heavy (non-hydrogen) atoms. The molecule has 0 fully saturated rings. The normalized spacial score (nSPS) is 11.4. The summed E-state index contributed by atoms with van der Waals surface area (Å²) in [6.45, 7) is 6.44. The smallest absolute Gasteiger partial charge is 0.510 e. The molecule has 0 saturated carbocycles. The molecule has 1 radical (unpaired) electrons. The maximum absolute atomic E-state index is 6.06. The van der Waals surface area contributed by atoms with Crippen LogP contribution in [0, 0.1) is 0 Å². The van der Waals surface area contributed by atoms with Crippen LogP contribution in [0.25, 0.3) is 0 Å². The van der Waals surface area contributed by atoms with Crippen LogP contribution in [-0.2, 0) is 0 Å². The Morgan fingerprint density at radius 2 is 1.05 bits per heavy atom. The highest BCUT2D eigenvalue weighted by atomic mass is 28.3. The van der Waals surface area contributed by atoms with Crippen molar-refractivity contribution in [3.8, 4) is 11.5 Å². The molecule has 2 aromatic rings. The van der Waals surface area contributed by atoms with Crippen LogP contribution in [0.4, 0.5) is 0 Å². The summed E-state index contributed by atoms with van der Waals surface area (Å²) in [7, 11) is -1.46. The van der Waals surface area contributed by atoms with Crippen molar-refractivity contribution in [2.75, 3.05) is 0 Å². The van der Waals surface area contributed by atoms with E-state index in [4.69, 9.17) is 8.85 Å². The van der Waals surface area contributed by atoms with Gasteiger partial charge in [-0.1, -0.05) is 57.2 Å². The minimum Gasteiger partial charge on any atom is -0.510 e. The molecular weight excluding hydrogens is 252 g/mol. The summed E-state index contributed by atoms with van der Waals surface area (Å²) < 4.78 is 12.1. The Kier molecular flexibility index (Phi) is 4.27. The van der Waals surface area contributed by atoms with E-state index in [0.717, 1.165) is 11.5 Å². The third-order valence-corrected chi connectivity index (χ3v) is 4.59. The summed E-state index contributed by atoms with van der Waals surface area (Å²) in [5.41, 5.74) is 0. The van der Waals surface area contributed by atoms with Gasteiger partial charge in [0.15, 0.2) is 0 Å². The summed E-state index contributed by atoms with van der Waals surface area (Å²) >= 11 is 0. The van der Waals surface area contributed by atoms with Gasteiger partial charge < -0.3 is 8.85 Å². The molecular formula is C16H19O2Si. The second-order valence-corrected chi connectivity index (χ2v) is 7.85. The summed E-state index contributed by atoms with van der Waals surface area (Å²) in [6, 6.07) is 19.7. The van der Waals surface area contributed by atoms with Crippen molar-refractivity contribution in [3.05, 3.63) is 60.7 Å². The van der Waals surface area contributed by atoms with Gasteiger partial charge in [-0.15, -0.1) is 0 Å². The van der Waals surface area contributed by atoms with Gasteiger partial charge >= 0.3 is 9.28 Å². The van der Waals surface area contributed by atoms with Gasteiger partial charge in [0.1, 0.15) is 11.5 Å². The van der Waals surface area contributed by atoms with Gasteiger partial charge in [-0.2, -0.15) is 0 Å². The Morgan fingerprint density at radius 1 is 0.684 bits per heavy atom. The third-order valence-electron chi connectivity index (χ3n) is 2.52. The first-order valence-electron chi connectivity index (χ1n) is 6.39. The fourth-order valence-corrected chi connectivity index (χ4v) is 2.87. The van der Waals surface area contributed by atoms with Crippen LogP contribution in [0.2, 0.25) is 5.04 Å². The maximum Gasteiger partial charge on any atom is 0.538 e. The Labute approximate surface area is 116 Å². The van der Waals surface area contributed by atoms with E-state index in [1.165, 1.54) is 0 Å². The fourth-order valence-electron chi connectivity index (χ4n) is 1.52. The van der Waals surface area contributed by atoms with Crippen LogP contribution < -0.4 is 8.85 Å². The van der Waals surface area contributed by atoms with Crippen LogP contribution in [0.15, 0.2) is 60.7 Å². The van der Waals surface area contributed by atoms with Crippen molar-refractivity contribution in [1.29, 1.82) is 0 Å². The molecule has 0 spiro atoms. The molecule has 0 heterocycles. The number of hydrogen-bond donors (Lipinski definition) is 0. The van der Waals surface area contributed by atoms with Crippen LogP contribution in [-0.4, -0.2) is 9.28 Å². The first kappa shape index (κ1) is 13.7. The number of hydrogen-bond acceptors (Lipinski definition) is 2. The first-order chi connectivity index (χ1) is 9.05. The lowest BCUT2D eigenvalue weighted by molar-refractivity contribution is 0.379. The monoisotopic (exact) mass is 271 g/mol. The zero-order valence-electron chi connectivity index (χ0n) is 11.6. The predicted octanol–water partition coefficient (Wildman–Crippen LogP) is 4.43. The highest BCUT2D eigenvalue weighted by Gasteiger charge is 2.36. The molecule has 2 aromatic carbocycles. The highest BCUT2D eigenvalue weighted by Crippen LogP contribution is 2.30. The minimum atomic E-state index is -1.46. The lowest BCUT2D eigenvalue weighted by Crippen LogP contribution is -2.39. The molecule has 0 aliphatic carbocycles. The molecule has 2 rings (SSSR count). The highest BCUT2D eigenvalue weighted by molar-refractivity contribution is 6.50. The van der Waals surface area contributed by atoms with Gasteiger partial charge in [0.25, 0.3) is 0 Å². The molecule has 2 nitrogen and oxygen atoms in total. The average molecular weight is 271 g/mol. The van der Waals surface area contributed by atoms with Gasteiger partial charge in [0, 0.05) is 5.04 Å². The lowest BCUT2D eigenvalue weighted by atomic mass is 10.3. The Bertz CT molecular complexity index is 450. The minimum absolute atomic E-state index is 0.0175. The molecule has 0 aliphatic rings. The molecule has 0 atom stereocenters. The van der Waals surface area contributed by atoms with Crippen molar-refractivity contribution < 1.29 is 8.85 Å². The number of benzene rings is 2. The van der Waals surface area contributed by atoms with E-state index in [9.17, 15) is 0 Å². The van der Waals surface area contributed by atoms with E-state index in [1.54, 1.807) is 0 Å². The number of para-hydroxylation sites is 2. The van der Waals surface area contributed by atoms with Crippen molar-refractivity contribution in [2.24, 2.45) is 0 Å². The lowest BCUT2D eigenvalue weighted by Gasteiger charge is -2.27. The first-order valence-corrected chi connectivity index (χ1v) is 7.70. The van der Waals surface area contributed by atoms with Gasteiger partial charge in [0.05, 0.1) is 0 Å². The van der Waals surface area contributed by atoms with Crippen molar-refractivity contribution in [2.45, 2.75) is 25.8 Å². The Morgan fingerprint density at radius 3 is 1.37 bits per heavy atom. The molecule has 0 aliphatic heterocycles. The average Bonchev–Trinajstić information content (AvgIpc) is 2.39. The Balaban J connectivity index is 2.13.